The first-order valence-electron chi connectivity index (χ1n) is 10.1. The number of piperidine rings is 1. The van der Waals surface area contributed by atoms with Crippen molar-refractivity contribution >= 4 is 29.1 Å². The standard InChI is InChI=1S/C23H21Cl2N5O/c1-15-21(23(31)28-29-11-3-2-4-12-29)27-22(19-10-7-17(24)13-20(19)25)30(15)18-8-5-16(14-26)6-9-18/h5-10,13H,2-4,11-12H2,1H3,(H,28,31). The summed E-state index contributed by atoms with van der Waals surface area (Å²) in [6, 6.07) is 14.4. The van der Waals surface area contributed by atoms with Gasteiger partial charge in [-0.3, -0.25) is 14.8 Å². The first-order chi connectivity index (χ1) is 15.0. The lowest BCUT2D eigenvalue weighted by atomic mass is 10.2. The van der Waals surface area contributed by atoms with E-state index in [1.165, 1.54) is 6.42 Å². The Hall–Kier alpha value is -2.85. The molecule has 0 spiro atoms. The zero-order valence-electron chi connectivity index (χ0n) is 17.0. The first kappa shape index (κ1) is 21.4. The summed E-state index contributed by atoms with van der Waals surface area (Å²) in [5, 5.41) is 12.0. The Morgan fingerprint density at radius 1 is 1.10 bits per heavy atom. The summed E-state index contributed by atoms with van der Waals surface area (Å²) >= 11 is 12.6. The number of nitrogens with zero attached hydrogens (tertiary/aromatic N) is 4. The number of amides is 1. The smallest absolute Gasteiger partial charge is 0.286 e. The van der Waals surface area contributed by atoms with Crippen LogP contribution in [0, 0.1) is 18.3 Å². The number of nitrogens with one attached hydrogen (secondary N) is 1. The van der Waals surface area contributed by atoms with Crippen LogP contribution in [-0.4, -0.2) is 33.6 Å². The monoisotopic (exact) mass is 453 g/mol. The Morgan fingerprint density at radius 2 is 1.81 bits per heavy atom. The number of halogens is 2. The van der Waals surface area contributed by atoms with Crippen LogP contribution in [0.15, 0.2) is 42.5 Å². The van der Waals surface area contributed by atoms with Crippen LogP contribution in [-0.2, 0) is 0 Å². The quantitative estimate of drug-likeness (QED) is 0.591. The zero-order valence-corrected chi connectivity index (χ0v) is 18.5. The van der Waals surface area contributed by atoms with Crippen LogP contribution < -0.4 is 5.43 Å². The Morgan fingerprint density at radius 3 is 2.45 bits per heavy atom. The van der Waals surface area contributed by atoms with Crippen molar-refractivity contribution in [3.8, 4) is 23.1 Å². The Balaban J connectivity index is 1.81. The second-order valence-electron chi connectivity index (χ2n) is 7.48. The molecule has 1 fully saturated rings. The van der Waals surface area contributed by atoms with Gasteiger partial charge in [0.05, 0.1) is 22.3 Å². The predicted octanol–water partition coefficient (Wildman–Crippen LogP) is 5.16. The highest BCUT2D eigenvalue weighted by molar-refractivity contribution is 6.36. The van der Waals surface area contributed by atoms with Gasteiger partial charge in [-0.15, -0.1) is 0 Å². The van der Waals surface area contributed by atoms with Gasteiger partial charge < -0.3 is 0 Å². The number of imidazole rings is 1. The van der Waals surface area contributed by atoms with Gasteiger partial charge in [0.1, 0.15) is 5.82 Å². The summed E-state index contributed by atoms with van der Waals surface area (Å²) in [5.41, 5.74) is 5.99. The molecule has 3 aromatic rings. The number of benzene rings is 2. The van der Waals surface area contributed by atoms with Crippen molar-refractivity contribution in [1.82, 2.24) is 20.0 Å². The molecule has 1 aromatic heterocycles. The molecule has 0 atom stereocenters. The number of carbonyl (C=O) groups is 1. The number of carbonyl (C=O) groups excluding carboxylic acids is 1. The third kappa shape index (κ3) is 4.45. The van der Waals surface area contributed by atoms with E-state index in [1.54, 1.807) is 30.3 Å². The molecular weight excluding hydrogens is 433 g/mol. The first-order valence-corrected chi connectivity index (χ1v) is 10.8. The number of rotatable bonds is 4. The lowest BCUT2D eigenvalue weighted by Crippen LogP contribution is -2.45. The lowest BCUT2D eigenvalue weighted by molar-refractivity contribution is 0.0744. The maximum atomic E-state index is 13.1. The molecule has 0 saturated carbocycles. The molecule has 8 heteroatoms. The minimum Gasteiger partial charge on any atom is -0.296 e. The molecule has 4 rings (SSSR count). The number of aromatic nitrogens is 2. The van der Waals surface area contributed by atoms with E-state index in [0.717, 1.165) is 31.6 Å². The maximum absolute atomic E-state index is 13.1. The Bertz CT molecular complexity index is 1160. The predicted molar refractivity (Wildman–Crippen MR) is 121 cm³/mol. The van der Waals surface area contributed by atoms with Gasteiger partial charge >= 0.3 is 0 Å². The fraction of sp³-hybridized carbons (Fsp3) is 0.261. The van der Waals surface area contributed by atoms with Crippen LogP contribution in [0.5, 0.6) is 0 Å². The molecule has 1 saturated heterocycles. The molecular formula is C23H21Cl2N5O. The van der Waals surface area contributed by atoms with Gasteiger partial charge in [-0.1, -0.05) is 29.6 Å². The minimum absolute atomic E-state index is 0.252. The number of hydrazine groups is 1. The molecule has 6 nitrogen and oxygen atoms in total. The minimum atomic E-state index is -0.252. The van der Waals surface area contributed by atoms with Crippen LogP contribution in [0.1, 0.15) is 41.0 Å². The Labute approximate surface area is 191 Å². The van der Waals surface area contributed by atoms with E-state index in [-0.39, 0.29) is 5.91 Å². The molecule has 0 aliphatic carbocycles. The van der Waals surface area contributed by atoms with E-state index < -0.39 is 0 Å². The van der Waals surface area contributed by atoms with E-state index in [4.69, 9.17) is 28.5 Å². The van der Waals surface area contributed by atoms with Crippen LogP contribution in [0.25, 0.3) is 17.1 Å². The van der Waals surface area contributed by atoms with E-state index in [9.17, 15) is 4.79 Å². The van der Waals surface area contributed by atoms with E-state index in [0.29, 0.717) is 38.4 Å². The molecule has 2 heterocycles. The molecule has 0 radical (unpaired) electrons. The summed E-state index contributed by atoms with van der Waals surface area (Å²) < 4.78 is 1.88. The topological polar surface area (TPSA) is 74.0 Å². The van der Waals surface area contributed by atoms with Crippen molar-refractivity contribution in [3.05, 3.63) is 69.5 Å². The van der Waals surface area contributed by atoms with Crippen molar-refractivity contribution in [2.45, 2.75) is 26.2 Å². The molecule has 0 unspecified atom stereocenters. The fourth-order valence-electron chi connectivity index (χ4n) is 3.77. The highest BCUT2D eigenvalue weighted by Crippen LogP contribution is 2.33. The summed E-state index contributed by atoms with van der Waals surface area (Å²) in [4.78, 5) is 17.8. The summed E-state index contributed by atoms with van der Waals surface area (Å²) in [6.45, 7) is 3.51. The van der Waals surface area contributed by atoms with Crippen molar-refractivity contribution < 1.29 is 4.79 Å². The van der Waals surface area contributed by atoms with Crippen molar-refractivity contribution in [2.24, 2.45) is 0 Å². The second kappa shape index (κ2) is 9.11. The van der Waals surface area contributed by atoms with E-state index >= 15 is 0 Å². The summed E-state index contributed by atoms with van der Waals surface area (Å²) in [6.07, 6.45) is 3.30. The van der Waals surface area contributed by atoms with Gasteiger partial charge in [-0.25, -0.2) is 9.99 Å². The van der Waals surface area contributed by atoms with E-state index in [2.05, 4.69) is 16.5 Å². The molecule has 2 aromatic carbocycles. The van der Waals surface area contributed by atoms with Crippen LogP contribution in [0.3, 0.4) is 0 Å². The third-order valence-electron chi connectivity index (χ3n) is 5.37. The second-order valence-corrected chi connectivity index (χ2v) is 8.32. The van der Waals surface area contributed by atoms with Crippen molar-refractivity contribution in [3.63, 3.8) is 0 Å². The zero-order chi connectivity index (χ0) is 22.0. The lowest BCUT2D eigenvalue weighted by Gasteiger charge is -2.26. The maximum Gasteiger partial charge on any atom is 0.286 e. The van der Waals surface area contributed by atoms with Crippen LogP contribution >= 0.6 is 23.2 Å². The number of hydrogen-bond acceptors (Lipinski definition) is 4. The van der Waals surface area contributed by atoms with Crippen molar-refractivity contribution in [2.75, 3.05) is 13.1 Å². The highest BCUT2D eigenvalue weighted by atomic mass is 35.5. The normalized spacial score (nSPS) is 14.3. The van der Waals surface area contributed by atoms with Crippen LogP contribution in [0.4, 0.5) is 0 Å². The molecule has 1 amide bonds. The van der Waals surface area contributed by atoms with Gasteiger partial charge in [-0.05, 0) is 62.2 Å². The SMILES string of the molecule is Cc1c(C(=O)NN2CCCCC2)nc(-c2ccc(Cl)cc2Cl)n1-c1ccc(C#N)cc1. The summed E-state index contributed by atoms with van der Waals surface area (Å²) in [7, 11) is 0. The van der Waals surface area contributed by atoms with Crippen molar-refractivity contribution in [1.29, 1.82) is 5.26 Å². The fourth-order valence-corrected chi connectivity index (χ4v) is 4.26. The number of nitriles is 1. The molecule has 158 valence electrons. The third-order valence-corrected chi connectivity index (χ3v) is 5.91. The van der Waals surface area contributed by atoms with Gasteiger partial charge in [0.15, 0.2) is 5.69 Å². The van der Waals surface area contributed by atoms with Gasteiger partial charge in [-0.2, -0.15) is 5.26 Å². The average Bonchev–Trinajstić information content (AvgIpc) is 3.11. The number of hydrogen-bond donors (Lipinski definition) is 1. The average molecular weight is 454 g/mol. The largest absolute Gasteiger partial charge is 0.296 e. The molecule has 0 bridgehead atoms. The van der Waals surface area contributed by atoms with Crippen LogP contribution in [0.2, 0.25) is 10.0 Å². The van der Waals surface area contributed by atoms with E-state index in [1.807, 2.05) is 28.6 Å². The van der Waals surface area contributed by atoms with Gasteiger partial charge in [0, 0.05) is 29.4 Å². The molecule has 1 N–H and O–H groups in total. The Kier molecular flexibility index (Phi) is 6.28. The van der Waals surface area contributed by atoms with Gasteiger partial charge in [0.2, 0.25) is 0 Å². The molecule has 1 aliphatic rings. The van der Waals surface area contributed by atoms with Gasteiger partial charge in [0.25, 0.3) is 5.91 Å². The molecule has 31 heavy (non-hydrogen) atoms. The summed E-state index contributed by atoms with van der Waals surface area (Å²) in [5.74, 6) is 0.283. The highest BCUT2D eigenvalue weighted by Gasteiger charge is 2.24. The molecule has 1 aliphatic heterocycles.